The van der Waals surface area contributed by atoms with Crippen LogP contribution in [0.25, 0.3) is 0 Å². The Labute approximate surface area is 99.8 Å². The SMILES string of the molecule is CN(C)c1cccc(Br)c1C1CCNC1. The van der Waals surface area contributed by atoms with Crippen LogP contribution in [0, 0.1) is 0 Å². The molecule has 1 fully saturated rings. The highest BCUT2D eigenvalue weighted by atomic mass is 79.9. The summed E-state index contributed by atoms with van der Waals surface area (Å²) in [6.45, 7) is 2.24. The van der Waals surface area contributed by atoms with Crippen LogP contribution in [-0.4, -0.2) is 27.2 Å². The van der Waals surface area contributed by atoms with Crippen molar-refractivity contribution in [2.75, 3.05) is 32.1 Å². The summed E-state index contributed by atoms with van der Waals surface area (Å²) in [5.74, 6) is 0.651. The van der Waals surface area contributed by atoms with E-state index < -0.39 is 0 Å². The van der Waals surface area contributed by atoms with Gasteiger partial charge in [-0.15, -0.1) is 0 Å². The molecule has 1 unspecified atom stereocenters. The van der Waals surface area contributed by atoms with Crippen molar-refractivity contribution in [3.63, 3.8) is 0 Å². The molecule has 2 rings (SSSR count). The molecule has 1 saturated heterocycles. The Kier molecular flexibility index (Phi) is 3.32. The first-order valence-corrected chi connectivity index (χ1v) is 6.16. The number of anilines is 1. The number of halogens is 1. The van der Waals surface area contributed by atoms with E-state index in [9.17, 15) is 0 Å². The highest BCUT2D eigenvalue weighted by Crippen LogP contribution is 2.36. The average Bonchev–Trinajstić information content (AvgIpc) is 2.70. The summed E-state index contributed by atoms with van der Waals surface area (Å²) in [6.07, 6.45) is 1.24. The maximum atomic E-state index is 3.67. The fourth-order valence-corrected chi connectivity index (χ4v) is 2.90. The molecule has 0 radical (unpaired) electrons. The third-order valence-electron chi connectivity index (χ3n) is 2.98. The number of nitrogens with one attached hydrogen (secondary N) is 1. The van der Waals surface area contributed by atoms with Gasteiger partial charge in [0.1, 0.15) is 0 Å². The second-order valence-corrected chi connectivity index (χ2v) is 5.11. The number of hydrogen-bond acceptors (Lipinski definition) is 2. The molecule has 0 saturated carbocycles. The third kappa shape index (κ3) is 2.18. The molecule has 2 nitrogen and oxygen atoms in total. The molecule has 1 aliphatic heterocycles. The summed E-state index contributed by atoms with van der Waals surface area (Å²) in [6, 6.07) is 6.43. The minimum Gasteiger partial charge on any atom is -0.377 e. The molecule has 1 N–H and O–H groups in total. The molecule has 0 amide bonds. The zero-order valence-electron chi connectivity index (χ0n) is 9.26. The highest BCUT2D eigenvalue weighted by molar-refractivity contribution is 9.10. The van der Waals surface area contributed by atoms with E-state index in [-0.39, 0.29) is 0 Å². The Morgan fingerprint density at radius 2 is 2.20 bits per heavy atom. The third-order valence-corrected chi connectivity index (χ3v) is 3.67. The Morgan fingerprint density at radius 1 is 1.40 bits per heavy atom. The summed E-state index contributed by atoms with van der Waals surface area (Å²) in [4.78, 5) is 2.19. The lowest BCUT2D eigenvalue weighted by atomic mass is 9.96. The Bertz CT molecular complexity index is 343. The number of hydrogen-bond donors (Lipinski definition) is 1. The van der Waals surface area contributed by atoms with E-state index >= 15 is 0 Å². The normalized spacial score (nSPS) is 20.6. The standard InChI is InChI=1S/C12H17BrN2/c1-15(2)11-5-3-4-10(13)12(11)9-6-7-14-8-9/h3-5,9,14H,6-8H2,1-2H3. The van der Waals surface area contributed by atoms with Crippen LogP contribution in [-0.2, 0) is 0 Å². The quantitative estimate of drug-likeness (QED) is 0.887. The number of nitrogens with zero attached hydrogens (tertiary/aromatic N) is 1. The zero-order chi connectivity index (χ0) is 10.8. The van der Waals surface area contributed by atoms with Gasteiger partial charge in [0.05, 0.1) is 0 Å². The van der Waals surface area contributed by atoms with Crippen molar-refractivity contribution in [2.45, 2.75) is 12.3 Å². The van der Waals surface area contributed by atoms with E-state index in [1.54, 1.807) is 0 Å². The summed E-state index contributed by atoms with van der Waals surface area (Å²) in [5.41, 5.74) is 2.78. The van der Waals surface area contributed by atoms with E-state index in [1.807, 2.05) is 0 Å². The van der Waals surface area contributed by atoms with E-state index in [0.717, 1.165) is 13.1 Å². The van der Waals surface area contributed by atoms with Gasteiger partial charge in [-0.3, -0.25) is 0 Å². The first-order chi connectivity index (χ1) is 7.20. The number of benzene rings is 1. The monoisotopic (exact) mass is 268 g/mol. The number of rotatable bonds is 2. The predicted molar refractivity (Wildman–Crippen MR) is 68.7 cm³/mol. The molecule has 1 aliphatic rings. The first-order valence-electron chi connectivity index (χ1n) is 5.36. The Hall–Kier alpha value is -0.540. The van der Waals surface area contributed by atoms with Crippen molar-refractivity contribution in [1.82, 2.24) is 5.32 Å². The maximum Gasteiger partial charge on any atom is 0.0408 e. The fourth-order valence-electron chi connectivity index (χ4n) is 2.22. The highest BCUT2D eigenvalue weighted by Gasteiger charge is 2.22. The fraction of sp³-hybridized carbons (Fsp3) is 0.500. The lowest BCUT2D eigenvalue weighted by Gasteiger charge is -2.22. The largest absolute Gasteiger partial charge is 0.377 e. The summed E-state index contributed by atoms with van der Waals surface area (Å²) in [7, 11) is 4.21. The molecule has 1 aromatic rings. The van der Waals surface area contributed by atoms with Crippen molar-refractivity contribution in [3.8, 4) is 0 Å². The minimum atomic E-state index is 0.651. The molecular weight excluding hydrogens is 252 g/mol. The van der Waals surface area contributed by atoms with E-state index in [0.29, 0.717) is 5.92 Å². The van der Waals surface area contributed by atoms with Crippen LogP contribution in [0.2, 0.25) is 0 Å². The van der Waals surface area contributed by atoms with Crippen molar-refractivity contribution >= 4 is 21.6 Å². The van der Waals surface area contributed by atoms with Gasteiger partial charge in [-0.05, 0) is 30.7 Å². The summed E-state index contributed by atoms with van der Waals surface area (Å²) in [5, 5.41) is 3.42. The van der Waals surface area contributed by atoms with Gasteiger partial charge < -0.3 is 10.2 Å². The van der Waals surface area contributed by atoms with Crippen LogP contribution in [0.3, 0.4) is 0 Å². The van der Waals surface area contributed by atoms with Gasteiger partial charge in [0.2, 0.25) is 0 Å². The van der Waals surface area contributed by atoms with Crippen LogP contribution < -0.4 is 10.2 Å². The molecule has 15 heavy (non-hydrogen) atoms. The van der Waals surface area contributed by atoms with Crippen LogP contribution in [0.5, 0.6) is 0 Å². The molecule has 3 heteroatoms. The molecule has 0 aromatic heterocycles. The van der Waals surface area contributed by atoms with Gasteiger partial charge in [0, 0.05) is 36.7 Å². The smallest absolute Gasteiger partial charge is 0.0408 e. The second-order valence-electron chi connectivity index (χ2n) is 4.26. The van der Waals surface area contributed by atoms with Gasteiger partial charge in [-0.2, -0.15) is 0 Å². The van der Waals surface area contributed by atoms with Crippen LogP contribution in [0.1, 0.15) is 17.9 Å². The molecule has 82 valence electrons. The average molecular weight is 269 g/mol. The van der Waals surface area contributed by atoms with Crippen molar-refractivity contribution < 1.29 is 0 Å². The van der Waals surface area contributed by atoms with Crippen LogP contribution >= 0.6 is 15.9 Å². The van der Waals surface area contributed by atoms with Crippen molar-refractivity contribution in [3.05, 3.63) is 28.2 Å². The molecule has 0 aliphatic carbocycles. The Morgan fingerprint density at radius 3 is 2.80 bits per heavy atom. The van der Waals surface area contributed by atoms with Gasteiger partial charge in [0.15, 0.2) is 0 Å². The topological polar surface area (TPSA) is 15.3 Å². The molecule has 0 spiro atoms. The van der Waals surface area contributed by atoms with Gasteiger partial charge in [0.25, 0.3) is 0 Å². The predicted octanol–water partition coefficient (Wildman–Crippen LogP) is 2.59. The molecule has 1 atom stereocenters. The summed E-state index contributed by atoms with van der Waals surface area (Å²) < 4.78 is 1.24. The second kappa shape index (κ2) is 4.54. The molecule has 1 heterocycles. The molecule has 1 aromatic carbocycles. The lowest BCUT2D eigenvalue weighted by molar-refractivity contribution is 0.757. The summed E-state index contributed by atoms with van der Waals surface area (Å²) >= 11 is 3.67. The molecular formula is C12H17BrN2. The van der Waals surface area contributed by atoms with Crippen molar-refractivity contribution in [1.29, 1.82) is 0 Å². The van der Waals surface area contributed by atoms with E-state index in [2.05, 4.69) is 58.4 Å². The van der Waals surface area contributed by atoms with Gasteiger partial charge in [-0.25, -0.2) is 0 Å². The van der Waals surface area contributed by atoms with Crippen molar-refractivity contribution in [2.24, 2.45) is 0 Å². The maximum absolute atomic E-state index is 3.67. The minimum absolute atomic E-state index is 0.651. The Balaban J connectivity index is 2.41. The lowest BCUT2D eigenvalue weighted by Crippen LogP contribution is -2.15. The van der Waals surface area contributed by atoms with E-state index in [4.69, 9.17) is 0 Å². The van der Waals surface area contributed by atoms with Crippen LogP contribution in [0.15, 0.2) is 22.7 Å². The first kappa shape index (κ1) is 11.0. The van der Waals surface area contributed by atoms with Crippen LogP contribution in [0.4, 0.5) is 5.69 Å². The van der Waals surface area contributed by atoms with E-state index in [1.165, 1.54) is 22.1 Å². The zero-order valence-corrected chi connectivity index (χ0v) is 10.8. The molecule has 0 bridgehead atoms. The van der Waals surface area contributed by atoms with Gasteiger partial charge in [-0.1, -0.05) is 22.0 Å². The van der Waals surface area contributed by atoms with Gasteiger partial charge >= 0.3 is 0 Å².